The van der Waals surface area contributed by atoms with Crippen molar-refractivity contribution in [2.75, 3.05) is 11.9 Å². The predicted octanol–water partition coefficient (Wildman–Crippen LogP) is 4.24. The van der Waals surface area contributed by atoms with E-state index in [4.69, 9.17) is 4.74 Å². The molecule has 0 saturated heterocycles. The van der Waals surface area contributed by atoms with E-state index >= 15 is 0 Å². The minimum Gasteiger partial charge on any atom is -0.486 e. The van der Waals surface area contributed by atoms with Gasteiger partial charge in [0.1, 0.15) is 0 Å². The van der Waals surface area contributed by atoms with Crippen LogP contribution in [-0.2, 0) is 0 Å². The van der Waals surface area contributed by atoms with Crippen LogP contribution in [-0.4, -0.2) is 16.9 Å². The van der Waals surface area contributed by atoms with Crippen LogP contribution in [0.3, 0.4) is 0 Å². The predicted molar refractivity (Wildman–Crippen MR) is 78.0 cm³/mol. The number of nitrogens with zero attached hydrogens (tertiary/aromatic N) is 1. The van der Waals surface area contributed by atoms with Crippen LogP contribution in [0.25, 0.3) is 0 Å². The summed E-state index contributed by atoms with van der Waals surface area (Å²) in [6, 6.07) is 5.10. The fourth-order valence-corrected chi connectivity index (χ4v) is 3.29. The number of hydrogen-bond acceptors (Lipinski definition) is 3. The van der Waals surface area contributed by atoms with Crippen molar-refractivity contribution >= 4 is 21.6 Å². The molecule has 1 aliphatic carbocycles. The highest BCUT2D eigenvalue weighted by Crippen LogP contribution is 2.40. The van der Waals surface area contributed by atoms with Gasteiger partial charge >= 0.3 is 5.69 Å². The zero-order valence-corrected chi connectivity index (χ0v) is 12.6. The van der Waals surface area contributed by atoms with Crippen molar-refractivity contribution in [3.8, 4) is 5.75 Å². The number of ether oxygens (including phenoxy) is 1. The van der Waals surface area contributed by atoms with Crippen LogP contribution >= 0.6 is 15.9 Å². The van der Waals surface area contributed by atoms with Gasteiger partial charge < -0.3 is 4.74 Å². The molecule has 0 aromatic heterocycles. The summed E-state index contributed by atoms with van der Waals surface area (Å²) in [7, 11) is 0. The molecule has 0 N–H and O–H groups in total. The molecule has 19 heavy (non-hydrogen) atoms. The molecule has 0 spiro atoms. The molecule has 0 aliphatic heterocycles. The van der Waals surface area contributed by atoms with Crippen molar-refractivity contribution in [2.24, 2.45) is 5.41 Å². The fraction of sp³-hybridized carbons (Fsp3) is 0.571. The molecule has 0 radical (unpaired) electrons. The maximum absolute atomic E-state index is 11.0. The van der Waals surface area contributed by atoms with Crippen LogP contribution in [0.4, 0.5) is 5.69 Å². The van der Waals surface area contributed by atoms with Crippen LogP contribution in [0.5, 0.6) is 5.75 Å². The largest absolute Gasteiger partial charge is 0.486 e. The maximum atomic E-state index is 11.0. The molecule has 4 nitrogen and oxygen atoms in total. The number of nitro groups is 1. The fourth-order valence-electron chi connectivity index (χ4n) is 2.56. The highest BCUT2D eigenvalue weighted by atomic mass is 79.9. The molecule has 104 valence electrons. The summed E-state index contributed by atoms with van der Waals surface area (Å²) in [6.45, 7) is 2.38. The third kappa shape index (κ3) is 3.26. The highest BCUT2D eigenvalue weighted by molar-refractivity contribution is 9.09. The third-order valence-corrected chi connectivity index (χ3v) is 4.98. The molecule has 2 rings (SSSR count). The average molecular weight is 328 g/mol. The normalized spacial score (nSPS) is 17.4. The second kappa shape index (κ2) is 5.90. The SMILES string of the molecule is Cc1ccc(OCC2(CBr)CCCC2)c([N+](=O)[O-])c1. The van der Waals surface area contributed by atoms with Crippen molar-refractivity contribution in [1.82, 2.24) is 0 Å². The summed E-state index contributed by atoms with van der Waals surface area (Å²) in [5, 5.41) is 11.9. The van der Waals surface area contributed by atoms with E-state index in [1.54, 1.807) is 12.1 Å². The van der Waals surface area contributed by atoms with E-state index in [1.165, 1.54) is 12.8 Å². The number of aryl methyl sites for hydroxylation is 1. The molecule has 1 saturated carbocycles. The first-order chi connectivity index (χ1) is 9.06. The van der Waals surface area contributed by atoms with Gasteiger partial charge in [-0.1, -0.05) is 34.8 Å². The second-order valence-electron chi connectivity index (χ2n) is 5.36. The van der Waals surface area contributed by atoms with Crippen molar-refractivity contribution in [2.45, 2.75) is 32.6 Å². The first kappa shape index (κ1) is 14.3. The number of rotatable bonds is 5. The van der Waals surface area contributed by atoms with Gasteiger partial charge in [-0.25, -0.2) is 0 Å². The van der Waals surface area contributed by atoms with E-state index in [1.807, 2.05) is 13.0 Å². The number of hydrogen-bond donors (Lipinski definition) is 0. The van der Waals surface area contributed by atoms with Gasteiger partial charge in [-0.05, 0) is 31.4 Å². The lowest BCUT2D eigenvalue weighted by Gasteiger charge is -2.26. The van der Waals surface area contributed by atoms with E-state index in [-0.39, 0.29) is 16.0 Å². The standard InChI is InChI=1S/C14H18BrNO3/c1-11-4-5-13(12(8-11)16(17)18)19-10-14(9-15)6-2-3-7-14/h4-5,8H,2-3,6-7,9-10H2,1H3. The van der Waals surface area contributed by atoms with Crippen LogP contribution in [0.1, 0.15) is 31.2 Å². The minimum atomic E-state index is -0.377. The van der Waals surface area contributed by atoms with Crippen LogP contribution in [0.2, 0.25) is 0 Å². The summed E-state index contributed by atoms with van der Waals surface area (Å²) < 4.78 is 5.76. The van der Waals surface area contributed by atoms with E-state index in [0.29, 0.717) is 12.4 Å². The quantitative estimate of drug-likeness (QED) is 0.461. The van der Waals surface area contributed by atoms with Crippen molar-refractivity contribution in [3.05, 3.63) is 33.9 Å². The van der Waals surface area contributed by atoms with Gasteiger partial charge in [0.2, 0.25) is 0 Å². The van der Waals surface area contributed by atoms with E-state index in [0.717, 1.165) is 23.7 Å². The Kier molecular flexibility index (Phi) is 4.45. The van der Waals surface area contributed by atoms with Crippen molar-refractivity contribution in [3.63, 3.8) is 0 Å². The summed E-state index contributed by atoms with van der Waals surface area (Å²) in [4.78, 5) is 10.7. The van der Waals surface area contributed by atoms with Gasteiger partial charge in [-0.2, -0.15) is 0 Å². The lowest BCUT2D eigenvalue weighted by atomic mass is 9.90. The molecule has 1 fully saturated rings. The van der Waals surface area contributed by atoms with Gasteiger partial charge in [0.05, 0.1) is 11.5 Å². The van der Waals surface area contributed by atoms with Gasteiger partial charge in [-0.15, -0.1) is 0 Å². The molecule has 0 atom stereocenters. The van der Waals surface area contributed by atoms with Gasteiger partial charge in [-0.3, -0.25) is 10.1 Å². The molecule has 0 amide bonds. The zero-order valence-electron chi connectivity index (χ0n) is 11.0. The smallest absolute Gasteiger partial charge is 0.311 e. The first-order valence-corrected chi connectivity index (χ1v) is 7.62. The number of alkyl halides is 1. The number of benzene rings is 1. The Balaban J connectivity index is 2.13. The number of halogens is 1. The molecule has 0 bridgehead atoms. The topological polar surface area (TPSA) is 52.4 Å². The Morgan fingerprint density at radius 2 is 2.11 bits per heavy atom. The monoisotopic (exact) mass is 327 g/mol. The summed E-state index contributed by atoms with van der Waals surface area (Å²) in [5.41, 5.74) is 1.07. The second-order valence-corrected chi connectivity index (χ2v) is 5.92. The lowest BCUT2D eigenvalue weighted by molar-refractivity contribution is -0.386. The van der Waals surface area contributed by atoms with Crippen LogP contribution < -0.4 is 4.74 Å². The van der Waals surface area contributed by atoms with Crippen molar-refractivity contribution < 1.29 is 9.66 Å². The molecule has 0 heterocycles. The lowest BCUT2D eigenvalue weighted by Crippen LogP contribution is -2.27. The molecule has 0 unspecified atom stereocenters. The van der Waals surface area contributed by atoms with Crippen molar-refractivity contribution in [1.29, 1.82) is 0 Å². The Hall–Kier alpha value is -1.10. The summed E-state index contributed by atoms with van der Waals surface area (Å²) in [5.74, 6) is 0.378. The third-order valence-electron chi connectivity index (χ3n) is 3.79. The van der Waals surface area contributed by atoms with Crippen LogP contribution in [0, 0.1) is 22.5 Å². The Labute approximate surface area is 121 Å². The highest BCUT2D eigenvalue weighted by Gasteiger charge is 2.34. The van der Waals surface area contributed by atoms with E-state index in [9.17, 15) is 10.1 Å². The molecule has 1 aliphatic rings. The Morgan fingerprint density at radius 3 is 2.68 bits per heavy atom. The minimum absolute atomic E-state index is 0.0581. The Bertz CT molecular complexity index is 470. The average Bonchev–Trinajstić information content (AvgIpc) is 2.86. The molecular formula is C14H18BrNO3. The van der Waals surface area contributed by atoms with E-state index in [2.05, 4.69) is 15.9 Å². The van der Waals surface area contributed by atoms with Gasteiger partial charge in [0.25, 0.3) is 0 Å². The van der Waals surface area contributed by atoms with Crippen LogP contribution in [0.15, 0.2) is 18.2 Å². The molecule has 1 aromatic carbocycles. The number of nitro benzene ring substituents is 1. The van der Waals surface area contributed by atoms with Gasteiger partial charge in [0, 0.05) is 16.8 Å². The van der Waals surface area contributed by atoms with E-state index < -0.39 is 0 Å². The van der Waals surface area contributed by atoms with Gasteiger partial charge in [0.15, 0.2) is 5.75 Å². The molecular weight excluding hydrogens is 310 g/mol. The zero-order chi connectivity index (χ0) is 13.9. The first-order valence-electron chi connectivity index (χ1n) is 6.50. The molecule has 5 heteroatoms. The Morgan fingerprint density at radius 1 is 1.42 bits per heavy atom. The maximum Gasteiger partial charge on any atom is 0.311 e. The molecule has 1 aromatic rings. The summed E-state index contributed by atoms with van der Waals surface area (Å²) >= 11 is 3.55. The summed E-state index contributed by atoms with van der Waals surface area (Å²) in [6.07, 6.45) is 4.67.